The lowest BCUT2D eigenvalue weighted by Crippen LogP contribution is -2.44. The number of benzene rings is 2. The molecule has 0 aliphatic carbocycles. The van der Waals surface area contributed by atoms with Gasteiger partial charge in [-0.3, -0.25) is 9.69 Å². The van der Waals surface area contributed by atoms with Crippen molar-refractivity contribution in [3.8, 4) is 5.69 Å². The number of aryl methyl sites for hydroxylation is 1. The van der Waals surface area contributed by atoms with Crippen LogP contribution in [0.3, 0.4) is 0 Å². The molecular weight excluding hydrogens is 352 g/mol. The molecule has 144 valence electrons. The van der Waals surface area contributed by atoms with Gasteiger partial charge in [0.2, 0.25) is 0 Å². The fourth-order valence-electron chi connectivity index (χ4n) is 3.60. The molecule has 1 N–H and O–H groups in total. The molecule has 1 fully saturated rings. The van der Waals surface area contributed by atoms with Gasteiger partial charge < -0.3 is 5.32 Å². The fourth-order valence-corrected chi connectivity index (χ4v) is 3.60. The van der Waals surface area contributed by atoms with E-state index in [1.54, 1.807) is 4.68 Å². The van der Waals surface area contributed by atoms with Crippen LogP contribution in [0.4, 0.5) is 0 Å². The van der Waals surface area contributed by atoms with E-state index in [4.69, 9.17) is 0 Å². The highest BCUT2D eigenvalue weighted by Crippen LogP contribution is 2.16. The number of para-hydroxylation sites is 1. The molecule has 7 nitrogen and oxygen atoms in total. The summed E-state index contributed by atoms with van der Waals surface area (Å²) in [6, 6.07) is 17.8. The topological polar surface area (TPSA) is 75.9 Å². The zero-order valence-electron chi connectivity index (χ0n) is 16.0. The van der Waals surface area contributed by atoms with Crippen molar-refractivity contribution in [1.82, 2.24) is 30.4 Å². The third kappa shape index (κ3) is 4.09. The molecule has 0 bridgehead atoms. The number of likely N-dealkylation sites (tertiary alicyclic amines) is 1. The Kier molecular flexibility index (Phi) is 5.43. The quantitative estimate of drug-likeness (QED) is 0.740. The maximum absolute atomic E-state index is 12.5. The van der Waals surface area contributed by atoms with Crippen LogP contribution in [0.25, 0.3) is 5.69 Å². The molecule has 1 amide bonds. The van der Waals surface area contributed by atoms with Crippen LogP contribution in [0.5, 0.6) is 0 Å². The number of piperidine rings is 1. The first-order valence-corrected chi connectivity index (χ1v) is 9.62. The van der Waals surface area contributed by atoms with E-state index in [1.165, 1.54) is 0 Å². The number of hydrogen-bond donors (Lipinski definition) is 1. The van der Waals surface area contributed by atoms with Crippen LogP contribution in [0.2, 0.25) is 0 Å². The van der Waals surface area contributed by atoms with Crippen LogP contribution in [-0.2, 0) is 6.54 Å². The van der Waals surface area contributed by atoms with Crippen molar-refractivity contribution in [2.24, 2.45) is 0 Å². The number of carbonyl (C=O) groups excluding carboxylic acids is 1. The first kappa shape index (κ1) is 18.3. The summed E-state index contributed by atoms with van der Waals surface area (Å²) in [5.74, 6) is 0.846. The minimum Gasteiger partial charge on any atom is -0.349 e. The summed E-state index contributed by atoms with van der Waals surface area (Å²) in [7, 11) is 0. The van der Waals surface area contributed by atoms with Gasteiger partial charge in [-0.1, -0.05) is 36.4 Å². The Morgan fingerprint density at radius 1 is 1.07 bits per heavy atom. The number of amides is 1. The summed E-state index contributed by atoms with van der Waals surface area (Å²) < 4.78 is 1.78. The summed E-state index contributed by atoms with van der Waals surface area (Å²) >= 11 is 0. The largest absolute Gasteiger partial charge is 0.349 e. The second kappa shape index (κ2) is 8.31. The number of aromatic nitrogens is 4. The van der Waals surface area contributed by atoms with E-state index in [2.05, 4.69) is 25.7 Å². The Morgan fingerprint density at radius 2 is 1.79 bits per heavy atom. The molecule has 1 saturated heterocycles. The minimum atomic E-state index is 0.0181. The van der Waals surface area contributed by atoms with Gasteiger partial charge >= 0.3 is 0 Å². The highest BCUT2D eigenvalue weighted by atomic mass is 16.1. The van der Waals surface area contributed by atoms with Crippen molar-refractivity contribution in [3.05, 3.63) is 71.5 Å². The number of nitrogens with zero attached hydrogens (tertiary/aromatic N) is 5. The average Bonchev–Trinajstić information content (AvgIpc) is 3.18. The Morgan fingerprint density at radius 3 is 2.54 bits per heavy atom. The van der Waals surface area contributed by atoms with Crippen LogP contribution in [0.1, 0.15) is 34.6 Å². The third-order valence-corrected chi connectivity index (χ3v) is 5.21. The molecule has 0 radical (unpaired) electrons. The van der Waals surface area contributed by atoms with Gasteiger partial charge in [0.25, 0.3) is 5.91 Å². The Balaban J connectivity index is 1.33. The maximum atomic E-state index is 12.5. The Hall–Kier alpha value is -3.06. The fraction of sp³-hybridized carbons (Fsp3) is 0.333. The van der Waals surface area contributed by atoms with E-state index >= 15 is 0 Å². The van der Waals surface area contributed by atoms with Gasteiger partial charge in [0, 0.05) is 24.7 Å². The van der Waals surface area contributed by atoms with Crippen molar-refractivity contribution in [1.29, 1.82) is 0 Å². The van der Waals surface area contributed by atoms with Crippen molar-refractivity contribution in [2.75, 3.05) is 13.1 Å². The molecule has 2 aromatic carbocycles. The van der Waals surface area contributed by atoms with E-state index in [-0.39, 0.29) is 11.9 Å². The number of tetrazole rings is 1. The number of hydrogen-bond acceptors (Lipinski definition) is 5. The summed E-state index contributed by atoms with van der Waals surface area (Å²) in [5, 5.41) is 15.3. The molecule has 0 spiro atoms. The lowest BCUT2D eigenvalue weighted by atomic mass is 10.0. The van der Waals surface area contributed by atoms with Gasteiger partial charge in [-0.25, -0.2) is 0 Å². The van der Waals surface area contributed by atoms with E-state index in [0.717, 1.165) is 48.6 Å². The van der Waals surface area contributed by atoms with E-state index in [1.807, 2.05) is 61.5 Å². The second-order valence-corrected chi connectivity index (χ2v) is 7.18. The molecule has 2 heterocycles. The highest BCUT2D eigenvalue weighted by Gasteiger charge is 2.23. The number of nitrogens with one attached hydrogen (secondary N) is 1. The van der Waals surface area contributed by atoms with Crippen molar-refractivity contribution < 1.29 is 4.79 Å². The smallest absolute Gasteiger partial charge is 0.251 e. The van der Waals surface area contributed by atoms with Gasteiger partial charge in [-0.2, -0.15) is 4.68 Å². The Labute approximate surface area is 164 Å². The van der Waals surface area contributed by atoms with E-state index < -0.39 is 0 Å². The summed E-state index contributed by atoms with van der Waals surface area (Å²) in [5.41, 5.74) is 2.72. The number of carbonyl (C=O) groups is 1. The van der Waals surface area contributed by atoms with Crippen LogP contribution in [-0.4, -0.2) is 50.1 Å². The van der Waals surface area contributed by atoms with Crippen LogP contribution >= 0.6 is 0 Å². The van der Waals surface area contributed by atoms with E-state index in [0.29, 0.717) is 6.54 Å². The predicted molar refractivity (Wildman–Crippen MR) is 106 cm³/mol. The molecule has 3 aromatic rings. The van der Waals surface area contributed by atoms with Crippen LogP contribution in [0.15, 0.2) is 54.6 Å². The monoisotopic (exact) mass is 376 g/mol. The minimum absolute atomic E-state index is 0.0181. The molecule has 1 aliphatic rings. The maximum Gasteiger partial charge on any atom is 0.251 e. The predicted octanol–water partition coefficient (Wildman–Crippen LogP) is 2.37. The first-order valence-electron chi connectivity index (χ1n) is 9.62. The van der Waals surface area contributed by atoms with Crippen molar-refractivity contribution >= 4 is 5.91 Å². The molecule has 7 heteroatoms. The molecular formula is C21H24N6O. The zero-order chi connectivity index (χ0) is 19.3. The SMILES string of the molecule is Cc1ccccc1C(=O)NC1CCN(Cc2nnnn2-c2ccccc2)CC1. The third-order valence-electron chi connectivity index (χ3n) is 5.21. The molecule has 4 rings (SSSR count). The van der Waals surface area contributed by atoms with Gasteiger partial charge in [-0.05, 0) is 54.0 Å². The zero-order valence-corrected chi connectivity index (χ0v) is 16.0. The van der Waals surface area contributed by atoms with Gasteiger partial charge in [-0.15, -0.1) is 5.10 Å². The summed E-state index contributed by atoms with van der Waals surface area (Å²) in [6.07, 6.45) is 1.84. The normalized spacial score (nSPS) is 15.5. The molecule has 28 heavy (non-hydrogen) atoms. The van der Waals surface area contributed by atoms with Gasteiger partial charge in [0.1, 0.15) is 0 Å². The summed E-state index contributed by atoms with van der Waals surface area (Å²) in [6.45, 7) is 4.47. The van der Waals surface area contributed by atoms with Crippen LogP contribution < -0.4 is 5.32 Å². The molecule has 0 saturated carbocycles. The molecule has 0 atom stereocenters. The average molecular weight is 376 g/mol. The van der Waals surface area contributed by atoms with Gasteiger partial charge in [0.15, 0.2) is 5.82 Å². The van der Waals surface area contributed by atoms with E-state index in [9.17, 15) is 4.79 Å². The van der Waals surface area contributed by atoms with Crippen molar-refractivity contribution in [3.63, 3.8) is 0 Å². The Bertz CT molecular complexity index is 931. The summed E-state index contributed by atoms with van der Waals surface area (Å²) in [4.78, 5) is 14.9. The molecule has 1 aromatic heterocycles. The standard InChI is InChI=1S/C21H24N6O/c1-16-7-5-6-10-19(16)21(28)22-17-11-13-26(14-12-17)15-20-23-24-25-27(20)18-8-3-2-4-9-18/h2-10,17H,11-15H2,1H3,(H,22,28). The lowest BCUT2D eigenvalue weighted by molar-refractivity contribution is 0.0907. The van der Waals surface area contributed by atoms with Crippen LogP contribution in [0, 0.1) is 6.92 Å². The molecule has 0 unspecified atom stereocenters. The van der Waals surface area contributed by atoms with Crippen molar-refractivity contribution in [2.45, 2.75) is 32.4 Å². The first-order chi connectivity index (χ1) is 13.7. The second-order valence-electron chi connectivity index (χ2n) is 7.18. The lowest BCUT2D eigenvalue weighted by Gasteiger charge is -2.32. The van der Waals surface area contributed by atoms with Gasteiger partial charge in [0.05, 0.1) is 12.2 Å². The highest BCUT2D eigenvalue weighted by molar-refractivity contribution is 5.95. The molecule has 1 aliphatic heterocycles. The number of rotatable bonds is 5.